The number of rotatable bonds is 9. The van der Waals surface area contributed by atoms with Gasteiger partial charge in [-0.15, -0.1) is 0 Å². The Balaban J connectivity index is 1.90. The normalized spacial score (nSPS) is 10.6. The van der Waals surface area contributed by atoms with Gasteiger partial charge in [-0.3, -0.25) is 4.79 Å². The number of hydrogen-bond acceptors (Lipinski definition) is 5. The summed E-state index contributed by atoms with van der Waals surface area (Å²) in [6.07, 6.45) is 1.78. The molecule has 4 aromatic rings. The van der Waals surface area contributed by atoms with Crippen molar-refractivity contribution in [3.63, 3.8) is 0 Å². The lowest BCUT2D eigenvalue weighted by Gasteiger charge is -2.13. The van der Waals surface area contributed by atoms with Gasteiger partial charge < -0.3 is 24.1 Å². The molecule has 0 atom stereocenters. The first kappa shape index (κ1) is 25.5. The highest BCUT2D eigenvalue weighted by molar-refractivity contribution is 6.11. The number of aromatic nitrogens is 1. The van der Waals surface area contributed by atoms with E-state index in [1.54, 1.807) is 35.9 Å². The minimum Gasteiger partial charge on any atom is -0.493 e. The van der Waals surface area contributed by atoms with Gasteiger partial charge >= 0.3 is 5.97 Å². The largest absolute Gasteiger partial charge is 0.493 e. The summed E-state index contributed by atoms with van der Waals surface area (Å²) in [7, 11) is 3.07. The Morgan fingerprint density at radius 3 is 2.35 bits per heavy atom. The van der Waals surface area contributed by atoms with Gasteiger partial charge in [0.05, 0.1) is 26.5 Å². The van der Waals surface area contributed by atoms with Gasteiger partial charge in [-0.1, -0.05) is 42.5 Å². The summed E-state index contributed by atoms with van der Waals surface area (Å²) in [6.45, 7) is 2.21. The fourth-order valence-corrected chi connectivity index (χ4v) is 4.04. The zero-order valence-corrected chi connectivity index (χ0v) is 20.8. The number of ether oxygens (including phenoxy) is 3. The summed E-state index contributed by atoms with van der Waals surface area (Å²) < 4.78 is 31.8. The number of carbonyl (C=O) groups is 2. The molecule has 0 spiro atoms. The van der Waals surface area contributed by atoms with Crippen LogP contribution < -0.4 is 14.8 Å². The molecule has 1 heterocycles. The number of halogens is 1. The second kappa shape index (κ2) is 11.4. The molecule has 4 rings (SSSR count). The van der Waals surface area contributed by atoms with E-state index in [1.807, 2.05) is 30.3 Å². The number of benzene rings is 3. The van der Waals surface area contributed by atoms with Gasteiger partial charge in [0.1, 0.15) is 5.82 Å². The third-order valence-electron chi connectivity index (χ3n) is 5.76. The van der Waals surface area contributed by atoms with E-state index in [4.69, 9.17) is 14.2 Å². The van der Waals surface area contributed by atoms with Gasteiger partial charge in [0, 0.05) is 23.9 Å². The molecule has 37 heavy (non-hydrogen) atoms. The molecule has 8 heteroatoms. The molecule has 1 amide bonds. The van der Waals surface area contributed by atoms with Crippen molar-refractivity contribution in [2.24, 2.45) is 0 Å². The highest BCUT2D eigenvalue weighted by Crippen LogP contribution is 2.39. The van der Waals surface area contributed by atoms with Crippen LogP contribution in [-0.2, 0) is 11.3 Å². The first-order valence-electron chi connectivity index (χ1n) is 11.7. The van der Waals surface area contributed by atoms with E-state index in [0.717, 1.165) is 11.6 Å². The maximum atomic E-state index is 13.8. The summed E-state index contributed by atoms with van der Waals surface area (Å²) in [5.41, 5.74) is 2.71. The number of methoxy groups -OCH3 is 2. The van der Waals surface area contributed by atoms with E-state index < -0.39 is 17.7 Å². The highest BCUT2D eigenvalue weighted by atomic mass is 19.1. The number of hydrogen-bond donors (Lipinski definition) is 1. The van der Waals surface area contributed by atoms with Gasteiger partial charge in [-0.2, -0.15) is 0 Å². The average Bonchev–Trinajstić information content (AvgIpc) is 3.26. The van der Waals surface area contributed by atoms with E-state index in [2.05, 4.69) is 5.32 Å². The Bertz CT molecular complexity index is 1420. The van der Waals surface area contributed by atoms with Crippen LogP contribution >= 0.6 is 0 Å². The monoisotopic (exact) mass is 502 g/mol. The lowest BCUT2D eigenvalue weighted by Crippen LogP contribution is -2.18. The molecule has 0 saturated carbocycles. The number of nitrogens with one attached hydrogen (secondary N) is 1. The summed E-state index contributed by atoms with van der Waals surface area (Å²) >= 11 is 0. The van der Waals surface area contributed by atoms with Crippen LogP contribution in [0.25, 0.3) is 11.1 Å². The van der Waals surface area contributed by atoms with Crippen molar-refractivity contribution in [3.8, 4) is 22.6 Å². The molecule has 0 unspecified atom stereocenters. The van der Waals surface area contributed by atoms with Crippen LogP contribution in [0.15, 0.2) is 79.0 Å². The van der Waals surface area contributed by atoms with E-state index in [-0.39, 0.29) is 23.6 Å². The molecule has 3 aromatic carbocycles. The predicted octanol–water partition coefficient (Wildman–Crippen LogP) is 5.79. The summed E-state index contributed by atoms with van der Waals surface area (Å²) in [6, 6.07) is 20.2. The third-order valence-corrected chi connectivity index (χ3v) is 5.76. The van der Waals surface area contributed by atoms with Crippen molar-refractivity contribution >= 4 is 17.6 Å². The van der Waals surface area contributed by atoms with Crippen LogP contribution in [0.2, 0.25) is 0 Å². The number of esters is 1. The molecule has 0 aliphatic rings. The molecule has 1 aromatic heterocycles. The van der Waals surface area contributed by atoms with Crippen LogP contribution in [-0.4, -0.2) is 37.3 Å². The van der Waals surface area contributed by atoms with Crippen LogP contribution in [0.3, 0.4) is 0 Å². The molecule has 7 nitrogen and oxygen atoms in total. The van der Waals surface area contributed by atoms with Gasteiger partial charge in [0.15, 0.2) is 17.2 Å². The Kier molecular flexibility index (Phi) is 7.88. The molecule has 0 bridgehead atoms. The second-order valence-corrected chi connectivity index (χ2v) is 8.13. The van der Waals surface area contributed by atoms with Gasteiger partial charge in [0.2, 0.25) is 0 Å². The molecule has 0 aliphatic carbocycles. The zero-order valence-electron chi connectivity index (χ0n) is 20.8. The predicted molar refractivity (Wildman–Crippen MR) is 139 cm³/mol. The quantitative estimate of drug-likeness (QED) is 0.293. The lowest BCUT2D eigenvalue weighted by atomic mass is 10.1. The van der Waals surface area contributed by atoms with E-state index in [0.29, 0.717) is 29.2 Å². The number of nitrogens with zero attached hydrogens (tertiary/aromatic N) is 1. The van der Waals surface area contributed by atoms with Crippen molar-refractivity contribution in [2.45, 2.75) is 13.5 Å². The number of amides is 1. The van der Waals surface area contributed by atoms with E-state index >= 15 is 0 Å². The fourth-order valence-electron chi connectivity index (χ4n) is 4.04. The molecule has 0 fully saturated rings. The fraction of sp³-hybridized carbons (Fsp3) is 0.172. The summed E-state index contributed by atoms with van der Waals surface area (Å²) in [5.74, 6) is -0.689. The number of anilines is 1. The molecule has 0 aliphatic heterocycles. The number of carbonyl (C=O) groups excluding carboxylic acids is 2. The lowest BCUT2D eigenvalue weighted by molar-refractivity contribution is 0.0515. The van der Waals surface area contributed by atoms with Gasteiger partial charge in [-0.05, 0) is 48.4 Å². The molecular formula is C29H27FN2O5. The zero-order chi connectivity index (χ0) is 26.4. The van der Waals surface area contributed by atoms with Crippen LogP contribution in [0.5, 0.6) is 11.5 Å². The van der Waals surface area contributed by atoms with E-state index in [9.17, 15) is 14.0 Å². The Labute approximate surface area is 214 Å². The Morgan fingerprint density at radius 2 is 1.68 bits per heavy atom. The topological polar surface area (TPSA) is 78.8 Å². The SMILES string of the molecule is CCOC(=O)c1c(NC(=O)c2cccc(F)c2)c(-c2ccc(OC)c(OC)c2)cn1Cc1ccccc1. The molecular weight excluding hydrogens is 475 g/mol. The van der Waals surface area contributed by atoms with Crippen molar-refractivity contribution in [3.05, 3.63) is 102 Å². The molecule has 190 valence electrons. The Morgan fingerprint density at radius 1 is 0.919 bits per heavy atom. The van der Waals surface area contributed by atoms with E-state index in [1.165, 1.54) is 32.4 Å². The summed E-state index contributed by atoms with van der Waals surface area (Å²) in [4.78, 5) is 26.4. The second-order valence-electron chi connectivity index (χ2n) is 8.13. The van der Waals surface area contributed by atoms with Crippen molar-refractivity contribution in [1.29, 1.82) is 0 Å². The summed E-state index contributed by atoms with van der Waals surface area (Å²) in [5, 5.41) is 2.83. The first-order chi connectivity index (χ1) is 17.9. The maximum absolute atomic E-state index is 13.8. The first-order valence-corrected chi connectivity index (χ1v) is 11.7. The third kappa shape index (κ3) is 5.64. The minimum atomic E-state index is -0.597. The molecule has 0 radical (unpaired) electrons. The Hall–Kier alpha value is -4.59. The molecule has 1 N–H and O–H groups in total. The average molecular weight is 503 g/mol. The maximum Gasteiger partial charge on any atom is 0.357 e. The van der Waals surface area contributed by atoms with Crippen LogP contribution in [0.1, 0.15) is 33.3 Å². The molecule has 0 saturated heterocycles. The van der Waals surface area contributed by atoms with Crippen LogP contribution in [0, 0.1) is 5.82 Å². The smallest absolute Gasteiger partial charge is 0.357 e. The van der Waals surface area contributed by atoms with Crippen LogP contribution in [0.4, 0.5) is 10.1 Å². The van der Waals surface area contributed by atoms with Gasteiger partial charge in [-0.25, -0.2) is 9.18 Å². The van der Waals surface area contributed by atoms with Crippen molar-refractivity contribution in [2.75, 3.05) is 26.1 Å². The minimum absolute atomic E-state index is 0.115. The standard InChI is InChI=1S/C29H27FN2O5/c1-4-37-29(34)27-26(31-28(33)21-11-8-12-22(30)15-21)23(18-32(27)17-19-9-6-5-7-10-19)20-13-14-24(35-2)25(16-20)36-3/h5-16,18H,4,17H2,1-3H3,(H,31,33). The van der Waals surface area contributed by atoms with Crippen molar-refractivity contribution in [1.82, 2.24) is 4.57 Å². The van der Waals surface area contributed by atoms with Gasteiger partial charge in [0.25, 0.3) is 5.91 Å². The highest BCUT2D eigenvalue weighted by Gasteiger charge is 2.26. The van der Waals surface area contributed by atoms with Crippen molar-refractivity contribution < 1.29 is 28.2 Å².